The predicted molar refractivity (Wildman–Crippen MR) is 186 cm³/mol. The van der Waals surface area contributed by atoms with Crippen LogP contribution in [0, 0.1) is 30.0 Å². The summed E-state index contributed by atoms with van der Waals surface area (Å²) in [5, 5.41) is 11.5. The summed E-state index contributed by atoms with van der Waals surface area (Å²) in [5.41, 5.74) is 11.5. The van der Waals surface area contributed by atoms with Crippen LogP contribution in [0.2, 0.25) is 0 Å². The number of fused-ring (bicyclic) bond motifs is 4. The van der Waals surface area contributed by atoms with Gasteiger partial charge in [-0.15, -0.1) is 11.3 Å². The van der Waals surface area contributed by atoms with E-state index in [1.165, 1.54) is 25.5 Å². The van der Waals surface area contributed by atoms with Crippen molar-refractivity contribution in [3.05, 3.63) is 40.5 Å². The third-order valence-electron chi connectivity index (χ3n) is 7.24. The number of benzene rings is 1. The zero-order chi connectivity index (χ0) is 33.0. The van der Waals surface area contributed by atoms with Gasteiger partial charge in [0.15, 0.2) is 5.82 Å². The first kappa shape index (κ1) is 36.8. The molecule has 0 aliphatic carbocycles. The van der Waals surface area contributed by atoms with Crippen LogP contribution >= 0.6 is 11.3 Å². The summed E-state index contributed by atoms with van der Waals surface area (Å²) in [7, 11) is 0. The van der Waals surface area contributed by atoms with E-state index in [4.69, 9.17) is 15.5 Å². The van der Waals surface area contributed by atoms with Gasteiger partial charge in [0.1, 0.15) is 11.1 Å². The van der Waals surface area contributed by atoms with E-state index in [0.717, 1.165) is 70.0 Å². The molecule has 6 rings (SSSR count). The topological polar surface area (TPSA) is 101 Å². The van der Waals surface area contributed by atoms with Gasteiger partial charge in [-0.3, -0.25) is 4.98 Å². The number of halogens is 1. The lowest BCUT2D eigenvalue weighted by Gasteiger charge is -2.19. The van der Waals surface area contributed by atoms with Gasteiger partial charge in [0, 0.05) is 35.6 Å². The van der Waals surface area contributed by atoms with E-state index in [0.29, 0.717) is 39.9 Å². The molecular formula is C35H51FN6OS. The molecule has 0 saturated carbocycles. The molecule has 44 heavy (non-hydrogen) atoms. The van der Waals surface area contributed by atoms with Crippen LogP contribution in [0.3, 0.4) is 0 Å². The van der Waals surface area contributed by atoms with E-state index in [1.54, 1.807) is 0 Å². The van der Waals surface area contributed by atoms with Crippen LogP contribution in [0.25, 0.3) is 32.2 Å². The van der Waals surface area contributed by atoms with Gasteiger partial charge in [0.25, 0.3) is 0 Å². The van der Waals surface area contributed by atoms with Crippen molar-refractivity contribution in [3.8, 4) is 17.3 Å². The molecule has 2 aliphatic heterocycles. The molecular weight excluding hydrogens is 571 g/mol. The summed E-state index contributed by atoms with van der Waals surface area (Å²) >= 11 is 1.08. The fourth-order valence-electron chi connectivity index (χ4n) is 5.09. The number of rotatable bonds is 3. The number of unbranched alkanes of at least 4 members (excludes halogenated alkanes) is 1. The number of nitrogens with zero attached hydrogens (tertiary/aromatic N) is 5. The molecule has 4 aromatic rings. The lowest BCUT2D eigenvalue weighted by Crippen LogP contribution is -2.21. The van der Waals surface area contributed by atoms with Gasteiger partial charge in [-0.1, -0.05) is 81.6 Å². The van der Waals surface area contributed by atoms with Crippen molar-refractivity contribution >= 4 is 43.3 Å². The van der Waals surface area contributed by atoms with Gasteiger partial charge in [-0.2, -0.15) is 5.26 Å². The standard InChI is InChI=1S/C24H21FN6OS.C4H10.C3H8.2C2H6/c1-11-3-4-31(8-11)24-29-6-14-15-9-32-10-16(15)18(12(2)20(14)30-24)21-19-13(5-26)23(27)33-22(19)17(25)7-28-21;1-3-4-2;1-3-2;2*1-2/h6-7,11H,3-4,8-10,27H2,1-2H3;3-4H2,1-2H3;3H2,1-2H3;2*1-2H3. The van der Waals surface area contributed by atoms with Crippen molar-refractivity contribution in [2.24, 2.45) is 5.92 Å². The third kappa shape index (κ3) is 7.65. The third-order valence-corrected chi connectivity index (χ3v) is 8.27. The smallest absolute Gasteiger partial charge is 0.225 e. The Kier molecular flexibility index (Phi) is 14.9. The van der Waals surface area contributed by atoms with E-state index >= 15 is 0 Å². The molecule has 0 radical (unpaired) electrons. The first-order valence-electron chi connectivity index (χ1n) is 16.2. The molecule has 0 spiro atoms. The average Bonchev–Trinajstić information content (AvgIpc) is 3.79. The minimum atomic E-state index is -0.481. The number of thiophene rings is 1. The molecule has 1 unspecified atom stereocenters. The van der Waals surface area contributed by atoms with Gasteiger partial charge in [-0.05, 0) is 36.0 Å². The average molecular weight is 623 g/mol. The van der Waals surface area contributed by atoms with Gasteiger partial charge in [-0.25, -0.2) is 14.4 Å². The highest BCUT2D eigenvalue weighted by atomic mass is 32.1. The van der Waals surface area contributed by atoms with Gasteiger partial charge < -0.3 is 15.4 Å². The molecule has 1 saturated heterocycles. The monoisotopic (exact) mass is 622 g/mol. The molecule has 5 heterocycles. The van der Waals surface area contributed by atoms with Gasteiger partial charge >= 0.3 is 0 Å². The molecule has 7 nitrogen and oxygen atoms in total. The molecule has 2 N–H and O–H groups in total. The predicted octanol–water partition coefficient (Wildman–Crippen LogP) is 9.96. The molecule has 240 valence electrons. The number of hydrogen-bond donors (Lipinski definition) is 1. The minimum Gasteiger partial charge on any atom is -0.389 e. The molecule has 1 atom stereocenters. The van der Waals surface area contributed by atoms with Crippen LogP contribution in [0.15, 0.2) is 12.4 Å². The fourth-order valence-corrected chi connectivity index (χ4v) is 6.01. The largest absolute Gasteiger partial charge is 0.389 e. The molecule has 0 bridgehead atoms. The van der Waals surface area contributed by atoms with Crippen molar-refractivity contribution in [3.63, 3.8) is 0 Å². The van der Waals surface area contributed by atoms with Crippen molar-refractivity contribution < 1.29 is 9.13 Å². The van der Waals surface area contributed by atoms with Crippen LogP contribution < -0.4 is 10.6 Å². The van der Waals surface area contributed by atoms with Gasteiger partial charge in [0.05, 0.1) is 40.9 Å². The number of nitrogens with two attached hydrogens (primary N) is 1. The Bertz CT molecular complexity index is 1560. The number of aryl methyl sites for hydroxylation is 1. The molecule has 3 aromatic heterocycles. The number of nitrogen functional groups attached to an aromatic ring is 1. The molecule has 1 aromatic carbocycles. The first-order valence-corrected chi connectivity index (χ1v) is 17.0. The van der Waals surface area contributed by atoms with Crippen LogP contribution in [-0.2, 0) is 18.0 Å². The van der Waals surface area contributed by atoms with Crippen LogP contribution in [0.1, 0.15) is 110 Å². The summed E-state index contributed by atoms with van der Waals surface area (Å²) < 4.78 is 20.8. The highest BCUT2D eigenvalue weighted by Crippen LogP contribution is 2.45. The van der Waals surface area contributed by atoms with Gasteiger partial charge in [0.2, 0.25) is 5.95 Å². The number of anilines is 2. The van der Waals surface area contributed by atoms with Crippen molar-refractivity contribution in [1.29, 1.82) is 5.26 Å². The number of ether oxygens (including phenoxy) is 1. The lowest BCUT2D eigenvalue weighted by molar-refractivity contribution is 0.135. The highest BCUT2D eigenvalue weighted by molar-refractivity contribution is 7.23. The van der Waals surface area contributed by atoms with E-state index in [-0.39, 0.29) is 5.56 Å². The second-order valence-corrected chi connectivity index (χ2v) is 11.6. The normalized spacial score (nSPS) is 14.7. The van der Waals surface area contributed by atoms with Crippen LogP contribution in [0.4, 0.5) is 15.3 Å². The second-order valence-electron chi connectivity index (χ2n) is 10.5. The maximum absolute atomic E-state index is 14.6. The maximum atomic E-state index is 14.6. The quantitative estimate of drug-likeness (QED) is 0.243. The Balaban J connectivity index is 0.000000544. The number of nitriles is 1. The number of hydrogen-bond acceptors (Lipinski definition) is 8. The fraction of sp³-hybridized carbons (Fsp3) is 0.543. The van der Waals surface area contributed by atoms with Crippen LogP contribution in [0.5, 0.6) is 0 Å². The van der Waals surface area contributed by atoms with E-state index in [2.05, 4.69) is 55.6 Å². The Labute approximate surface area is 267 Å². The Hall–Kier alpha value is -3.35. The highest BCUT2D eigenvalue weighted by Gasteiger charge is 2.29. The Morgan fingerprint density at radius 3 is 2.27 bits per heavy atom. The number of aromatic nitrogens is 3. The van der Waals surface area contributed by atoms with Crippen molar-refractivity contribution in [2.75, 3.05) is 23.7 Å². The maximum Gasteiger partial charge on any atom is 0.225 e. The first-order chi connectivity index (χ1) is 21.3. The zero-order valence-corrected chi connectivity index (χ0v) is 29.2. The van der Waals surface area contributed by atoms with E-state index < -0.39 is 5.82 Å². The van der Waals surface area contributed by atoms with E-state index in [9.17, 15) is 9.65 Å². The Morgan fingerprint density at radius 2 is 1.70 bits per heavy atom. The Morgan fingerprint density at radius 1 is 1.07 bits per heavy atom. The molecule has 0 amide bonds. The summed E-state index contributed by atoms with van der Waals surface area (Å²) in [6, 6.07) is 2.15. The SMILES string of the molecule is CC.CC.CCC.CCCC.Cc1c(-c2ncc(F)c3sc(N)c(C#N)c23)c2c(c3cnc(N4CCC(C)C4)nc13)COC2. The summed E-state index contributed by atoms with van der Waals surface area (Å²) in [4.78, 5) is 16.3. The summed E-state index contributed by atoms with van der Waals surface area (Å²) in [5.74, 6) is 0.847. The van der Waals surface area contributed by atoms with Crippen LogP contribution in [-0.4, -0.2) is 28.0 Å². The lowest BCUT2D eigenvalue weighted by atomic mass is 9.90. The summed E-state index contributed by atoms with van der Waals surface area (Å²) in [6.07, 6.45) is 8.11. The minimum absolute atomic E-state index is 0.263. The molecule has 2 aliphatic rings. The molecule has 1 fully saturated rings. The second kappa shape index (κ2) is 17.8. The molecule has 9 heteroatoms. The summed E-state index contributed by atoms with van der Waals surface area (Å²) in [6.45, 7) is 23.6. The number of pyridine rings is 1. The van der Waals surface area contributed by atoms with E-state index in [1.807, 2.05) is 40.8 Å². The zero-order valence-electron chi connectivity index (χ0n) is 28.4. The van der Waals surface area contributed by atoms with Crippen molar-refractivity contribution in [2.45, 2.75) is 108 Å². The van der Waals surface area contributed by atoms with Crippen molar-refractivity contribution in [1.82, 2.24) is 15.0 Å².